The molecular weight excluding hydrogens is 280 g/mol. The second-order valence-electron chi connectivity index (χ2n) is 6.23. The first-order chi connectivity index (χ1) is 10.7. The molecule has 0 aromatic carbocycles. The lowest BCUT2D eigenvalue weighted by molar-refractivity contribution is 0.0363. The van der Waals surface area contributed by atoms with Gasteiger partial charge in [0.1, 0.15) is 0 Å². The summed E-state index contributed by atoms with van der Waals surface area (Å²) in [7, 11) is 0. The average molecular weight is 306 g/mol. The van der Waals surface area contributed by atoms with E-state index in [2.05, 4.69) is 9.80 Å². The Balaban J connectivity index is 1.83. The molecule has 6 heteroatoms. The molecule has 0 unspecified atom stereocenters. The molecule has 2 aliphatic rings. The van der Waals surface area contributed by atoms with Gasteiger partial charge in [-0.1, -0.05) is 0 Å². The zero-order chi connectivity index (χ0) is 15.5. The van der Waals surface area contributed by atoms with Crippen molar-refractivity contribution in [3.05, 3.63) is 21.6 Å². The van der Waals surface area contributed by atoms with Crippen LogP contribution in [0.5, 0.6) is 0 Å². The summed E-state index contributed by atoms with van der Waals surface area (Å²) in [6.07, 6.45) is 2.37. The molecule has 2 fully saturated rings. The maximum absolute atomic E-state index is 12.7. The molecule has 0 bridgehead atoms. The molecule has 3 rings (SSSR count). The molecule has 0 radical (unpaired) electrons. The highest BCUT2D eigenvalue weighted by Crippen LogP contribution is 2.18. The number of anilines is 1. The van der Waals surface area contributed by atoms with Gasteiger partial charge in [0, 0.05) is 50.5 Å². The molecule has 122 valence electrons. The fraction of sp³-hybridized carbons (Fsp3) is 0.750. The van der Waals surface area contributed by atoms with E-state index in [0.29, 0.717) is 6.54 Å². The van der Waals surface area contributed by atoms with Crippen molar-refractivity contribution in [1.82, 2.24) is 14.5 Å². The molecular formula is C16H26N4O2. The molecule has 0 N–H and O–H groups in total. The fourth-order valence-electron chi connectivity index (χ4n) is 3.17. The highest BCUT2D eigenvalue weighted by Gasteiger charge is 2.21. The first-order valence-electron chi connectivity index (χ1n) is 8.30. The minimum Gasteiger partial charge on any atom is -0.379 e. The van der Waals surface area contributed by atoms with E-state index in [1.807, 2.05) is 18.4 Å². The third-order valence-electron chi connectivity index (χ3n) is 4.75. The van der Waals surface area contributed by atoms with Crippen molar-refractivity contribution in [2.45, 2.75) is 33.2 Å². The maximum atomic E-state index is 12.7. The summed E-state index contributed by atoms with van der Waals surface area (Å²) >= 11 is 0. The van der Waals surface area contributed by atoms with Crippen molar-refractivity contribution in [1.29, 1.82) is 0 Å². The number of ether oxygens (including phenoxy) is 1. The van der Waals surface area contributed by atoms with Crippen LogP contribution in [0.4, 0.5) is 5.95 Å². The van der Waals surface area contributed by atoms with Crippen LogP contribution < -0.4 is 10.5 Å². The number of hydrogen-bond acceptors (Lipinski definition) is 5. The highest BCUT2D eigenvalue weighted by molar-refractivity contribution is 5.35. The Bertz CT molecular complexity index is 572. The summed E-state index contributed by atoms with van der Waals surface area (Å²) in [4.78, 5) is 22.0. The van der Waals surface area contributed by atoms with Gasteiger partial charge in [-0.25, -0.2) is 4.98 Å². The van der Waals surface area contributed by atoms with Crippen molar-refractivity contribution in [2.24, 2.45) is 0 Å². The third kappa shape index (κ3) is 3.17. The van der Waals surface area contributed by atoms with Gasteiger partial charge in [-0.3, -0.25) is 14.3 Å². The van der Waals surface area contributed by atoms with Crippen LogP contribution in [0.15, 0.2) is 4.79 Å². The number of aromatic nitrogens is 2. The predicted octanol–water partition coefficient (Wildman–Crippen LogP) is 0.793. The van der Waals surface area contributed by atoms with Gasteiger partial charge in [0.15, 0.2) is 0 Å². The minimum absolute atomic E-state index is 0.114. The van der Waals surface area contributed by atoms with Crippen molar-refractivity contribution >= 4 is 5.95 Å². The van der Waals surface area contributed by atoms with Crippen molar-refractivity contribution in [3.8, 4) is 0 Å². The smallest absolute Gasteiger partial charge is 0.258 e. The molecule has 0 saturated carbocycles. The Hall–Kier alpha value is -1.40. The second kappa shape index (κ2) is 6.79. The normalized spacial score (nSPS) is 19.8. The number of morpholine rings is 1. The number of rotatable bonds is 4. The van der Waals surface area contributed by atoms with Gasteiger partial charge in [0.05, 0.1) is 13.2 Å². The van der Waals surface area contributed by atoms with Crippen LogP contribution in [0.1, 0.15) is 24.1 Å². The van der Waals surface area contributed by atoms with E-state index in [0.717, 1.165) is 63.1 Å². The van der Waals surface area contributed by atoms with Gasteiger partial charge in [0.2, 0.25) is 5.95 Å². The molecule has 3 heterocycles. The monoisotopic (exact) mass is 306 g/mol. The van der Waals surface area contributed by atoms with Gasteiger partial charge in [-0.15, -0.1) is 0 Å². The molecule has 6 nitrogen and oxygen atoms in total. The van der Waals surface area contributed by atoms with Crippen LogP contribution in [0.2, 0.25) is 0 Å². The summed E-state index contributed by atoms with van der Waals surface area (Å²) in [6.45, 7) is 10.9. The molecule has 1 aromatic heterocycles. The fourth-order valence-corrected chi connectivity index (χ4v) is 3.17. The molecule has 2 aliphatic heterocycles. The van der Waals surface area contributed by atoms with Gasteiger partial charge >= 0.3 is 0 Å². The summed E-state index contributed by atoms with van der Waals surface area (Å²) in [5, 5.41) is 0. The van der Waals surface area contributed by atoms with E-state index in [9.17, 15) is 4.79 Å². The molecule has 0 aliphatic carbocycles. The lowest BCUT2D eigenvalue weighted by atomic mass is 10.2. The SMILES string of the molecule is Cc1nc(N2CCCC2)n(CCN2CCOCC2)c(=O)c1C. The van der Waals surface area contributed by atoms with Gasteiger partial charge in [0.25, 0.3) is 5.56 Å². The summed E-state index contributed by atoms with van der Waals surface area (Å²) < 4.78 is 7.26. The zero-order valence-corrected chi connectivity index (χ0v) is 13.7. The summed E-state index contributed by atoms with van der Waals surface area (Å²) in [5.41, 5.74) is 1.74. The second-order valence-corrected chi connectivity index (χ2v) is 6.23. The van der Waals surface area contributed by atoms with Crippen LogP contribution >= 0.6 is 0 Å². The van der Waals surface area contributed by atoms with E-state index in [1.165, 1.54) is 12.8 Å². The quantitative estimate of drug-likeness (QED) is 0.823. The van der Waals surface area contributed by atoms with Crippen LogP contribution in [-0.4, -0.2) is 60.4 Å². The number of nitrogens with zero attached hydrogens (tertiary/aromatic N) is 4. The number of aryl methyl sites for hydroxylation is 1. The Morgan fingerprint density at radius 2 is 1.73 bits per heavy atom. The van der Waals surface area contributed by atoms with Crippen LogP contribution in [-0.2, 0) is 11.3 Å². The Morgan fingerprint density at radius 3 is 2.41 bits per heavy atom. The van der Waals surface area contributed by atoms with E-state index in [4.69, 9.17) is 9.72 Å². The molecule has 0 amide bonds. The van der Waals surface area contributed by atoms with Crippen LogP contribution in [0, 0.1) is 13.8 Å². The molecule has 0 atom stereocenters. The van der Waals surface area contributed by atoms with Crippen LogP contribution in [0.25, 0.3) is 0 Å². The van der Waals surface area contributed by atoms with Gasteiger partial charge in [-0.05, 0) is 26.7 Å². The van der Waals surface area contributed by atoms with E-state index in [-0.39, 0.29) is 5.56 Å². The largest absolute Gasteiger partial charge is 0.379 e. The standard InChI is InChI=1S/C16H26N4O2/c1-13-14(2)17-16(19-5-3-4-6-19)20(15(13)21)8-7-18-9-11-22-12-10-18/h3-12H2,1-2H3. The van der Waals surface area contributed by atoms with E-state index >= 15 is 0 Å². The summed E-state index contributed by atoms with van der Waals surface area (Å²) in [5.74, 6) is 0.860. The van der Waals surface area contributed by atoms with Crippen LogP contribution in [0.3, 0.4) is 0 Å². The Kier molecular flexibility index (Phi) is 4.78. The molecule has 22 heavy (non-hydrogen) atoms. The topological polar surface area (TPSA) is 50.6 Å². The highest BCUT2D eigenvalue weighted by atomic mass is 16.5. The first-order valence-corrected chi connectivity index (χ1v) is 8.30. The average Bonchev–Trinajstić information content (AvgIpc) is 3.07. The van der Waals surface area contributed by atoms with Crippen molar-refractivity contribution in [3.63, 3.8) is 0 Å². The van der Waals surface area contributed by atoms with Gasteiger partial charge in [-0.2, -0.15) is 0 Å². The third-order valence-corrected chi connectivity index (χ3v) is 4.75. The first kappa shape index (κ1) is 15.5. The lowest BCUT2D eigenvalue weighted by Gasteiger charge is -2.28. The van der Waals surface area contributed by atoms with Gasteiger partial charge < -0.3 is 9.64 Å². The molecule has 2 saturated heterocycles. The molecule has 1 aromatic rings. The maximum Gasteiger partial charge on any atom is 0.258 e. The van der Waals surface area contributed by atoms with E-state index < -0.39 is 0 Å². The molecule has 0 spiro atoms. The predicted molar refractivity (Wildman–Crippen MR) is 86.7 cm³/mol. The Labute approximate surface area is 131 Å². The van der Waals surface area contributed by atoms with E-state index in [1.54, 1.807) is 0 Å². The minimum atomic E-state index is 0.114. The number of hydrogen-bond donors (Lipinski definition) is 0. The van der Waals surface area contributed by atoms with Crippen molar-refractivity contribution < 1.29 is 4.74 Å². The lowest BCUT2D eigenvalue weighted by Crippen LogP contribution is -2.41. The van der Waals surface area contributed by atoms with Crippen molar-refractivity contribution in [2.75, 3.05) is 50.8 Å². The summed E-state index contributed by atoms with van der Waals surface area (Å²) in [6, 6.07) is 0. The Morgan fingerprint density at radius 1 is 1.05 bits per heavy atom. The zero-order valence-electron chi connectivity index (χ0n) is 13.7.